The fourth-order valence-electron chi connectivity index (χ4n) is 3.26. The Balaban J connectivity index is 1.98. The molecule has 30 heavy (non-hydrogen) atoms. The van der Waals surface area contributed by atoms with E-state index in [9.17, 15) is 5.11 Å². The van der Waals surface area contributed by atoms with Crippen LogP contribution >= 0.6 is 0 Å². The molecule has 3 heterocycles. The summed E-state index contributed by atoms with van der Waals surface area (Å²) in [5.74, 6) is 3.38. The Kier molecular flexibility index (Phi) is 6.53. The molecule has 0 aliphatic carbocycles. The number of fused-ring (bicyclic) bond motifs is 1. The molecule has 3 rings (SSSR count). The van der Waals surface area contributed by atoms with Crippen LogP contribution in [0.1, 0.15) is 50.1 Å². The van der Waals surface area contributed by atoms with Gasteiger partial charge in [0.2, 0.25) is 5.95 Å². The number of aliphatic hydroxyl groups is 1. The average Bonchev–Trinajstić information content (AvgIpc) is 3.15. The zero-order valence-corrected chi connectivity index (χ0v) is 18.1. The summed E-state index contributed by atoms with van der Waals surface area (Å²) in [4.78, 5) is 18.2. The molecule has 0 aliphatic heterocycles. The fourth-order valence-corrected chi connectivity index (χ4v) is 3.26. The molecule has 0 saturated heterocycles. The van der Waals surface area contributed by atoms with Crippen molar-refractivity contribution in [3.63, 3.8) is 0 Å². The van der Waals surface area contributed by atoms with Crippen LogP contribution in [0.4, 0.5) is 11.8 Å². The lowest BCUT2D eigenvalue weighted by Crippen LogP contribution is -2.32. The second kappa shape index (κ2) is 9.09. The van der Waals surface area contributed by atoms with Gasteiger partial charge in [0.05, 0.1) is 12.4 Å². The fraction of sp³-hybridized carbons (Fsp3) is 0.455. The number of aliphatic hydroxyl groups excluding tert-OH is 1. The Hall–Kier alpha value is -3.18. The van der Waals surface area contributed by atoms with Crippen molar-refractivity contribution < 1.29 is 5.11 Å². The Morgan fingerprint density at radius 3 is 2.63 bits per heavy atom. The number of hydrogen-bond donors (Lipinski definition) is 3. The van der Waals surface area contributed by atoms with Gasteiger partial charge < -0.3 is 20.3 Å². The number of imidazole rings is 1. The largest absolute Gasteiger partial charge is 0.378 e. The van der Waals surface area contributed by atoms with Gasteiger partial charge in [-0.1, -0.05) is 12.8 Å². The number of anilines is 2. The molecular formula is C22H29N7O. The summed E-state index contributed by atoms with van der Waals surface area (Å²) < 4.78 is 1.99. The van der Waals surface area contributed by atoms with Crippen molar-refractivity contribution in [3.05, 3.63) is 35.4 Å². The van der Waals surface area contributed by atoms with E-state index in [4.69, 9.17) is 6.42 Å². The van der Waals surface area contributed by atoms with Crippen LogP contribution < -0.4 is 10.6 Å². The summed E-state index contributed by atoms with van der Waals surface area (Å²) >= 11 is 0. The maximum atomic E-state index is 10.1. The molecule has 2 atom stereocenters. The number of pyridine rings is 1. The highest BCUT2D eigenvalue weighted by atomic mass is 16.3. The van der Waals surface area contributed by atoms with Gasteiger partial charge in [-0.05, 0) is 51.3 Å². The third-order valence-electron chi connectivity index (χ3n) is 5.09. The Morgan fingerprint density at radius 2 is 2.00 bits per heavy atom. The van der Waals surface area contributed by atoms with E-state index in [2.05, 4.69) is 63.3 Å². The number of hydrogen-bond acceptors (Lipinski definition) is 7. The second-order valence-electron chi connectivity index (χ2n) is 7.69. The van der Waals surface area contributed by atoms with Gasteiger partial charge in [-0.25, -0.2) is 4.98 Å². The third kappa shape index (κ3) is 4.52. The first kappa shape index (κ1) is 21.5. The summed E-state index contributed by atoms with van der Waals surface area (Å²) in [7, 11) is 0. The number of aryl methyl sites for hydroxylation is 2. The summed E-state index contributed by atoms with van der Waals surface area (Å²) in [6, 6.07) is 1.90. The lowest BCUT2D eigenvalue weighted by atomic mass is 10.1. The molecule has 0 aromatic carbocycles. The minimum Gasteiger partial charge on any atom is -0.378 e. The molecule has 0 amide bonds. The van der Waals surface area contributed by atoms with Gasteiger partial charge in [0.15, 0.2) is 17.0 Å². The molecule has 3 N–H and O–H groups in total. The van der Waals surface area contributed by atoms with Gasteiger partial charge in [0.1, 0.15) is 6.10 Å². The van der Waals surface area contributed by atoms with Crippen LogP contribution in [0.25, 0.3) is 11.2 Å². The quantitative estimate of drug-likeness (QED) is 0.493. The van der Waals surface area contributed by atoms with Crippen LogP contribution in [0.5, 0.6) is 0 Å². The molecule has 0 bridgehead atoms. The van der Waals surface area contributed by atoms with Gasteiger partial charge in [-0.2, -0.15) is 9.97 Å². The molecule has 0 radical (unpaired) electrons. The lowest BCUT2D eigenvalue weighted by molar-refractivity contribution is 0.206. The van der Waals surface area contributed by atoms with Crippen LogP contribution in [0.2, 0.25) is 0 Å². The first-order chi connectivity index (χ1) is 14.3. The van der Waals surface area contributed by atoms with E-state index in [-0.39, 0.29) is 12.1 Å². The van der Waals surface area contributed by atoms with E-state index in [0.29, 0.717) is 35.9 Å². The number of rotatable bonds is 8. The van der Waals surface area contributed by atoms with Crippen LogP contribution in [0, 0.1) is 26.2 Å². The SMILES string of the molecule is C#C[C@@H](O)[C@H](CC)Nc1nc(NCc2cnc(C)cc2C)c2ncn(C(C)C)c2n1. The smallest absolute Gasteiger partial charge is 0.227 e. The van der Waals surface area contributed by atoms with Crippen LogP contribution in [0.3, 0.4) is 0 Å². The topological polar surface area (TPSA) is 101 Å². The minimum atomic E-state index is -0.929. The van der Waals surface area contributed by atoms with E-state index < -0.39 is 6.10 Å². The highest BCUT2D eigenvalue weighted by Gasteiger charge is 2.19. The molecule has 8 nitrogen and oxygen atoms in total. The van der Waals surface area contributed by atoms with Crippen LogP contribution in [0.15, 0.2) is 18.6 Å². The zero-order valence-electron chi connectivity index (χ0n) is 18.1. The summed E-state index contributed by atoms with van der Waals surface area (Å²) in [6.07, 6.45) is 8.74. The molecule has 0 unspecified atom stereocenters. The predicted octanol–water partition coefficient (Wildman–Crippen LogP) is 3.22. The Labute approximate surface area is 177 Å². The highest BCUT2D eigenvalue weighted by Crippen LogP contribution is 2.25. The van der Waals surface area contributed by atoms with Gasteiger partial charge >= 0.3 is 0 Å². The first-order valence-corrected chi connectivity index (χ1v) is 10.1. The molecule has 0 fully saturated rings. The van der Waals surface area contributed by atoms with Crippen molar-refractivity contribution in [1.29, 1.82) is 0 Å². The second-order valence-corrected chi connectivity index (χ2v) is 7.69. The van der Waals surface area contributed by atoms with E-state index in [1.807, 2.05) is 24.6 Å². The Morgan fingerprint density at radius 1 is 1.23 bits per heavy atom. The molecule has 158 valence electrons. The lowest BCUT2D eigenvalue weighted by Gasteiger charge is -2.20. The molecule has 0 saturated carbocycles. The normalized spacial score (nSPS) is 13.3. The van der Waals surface area contributed by atoms with Gasteiger partial charge in [0.25, 0.3) is 0 Å². The number of nitrogens with one attached hydrogen (secondary N) is 2. The van der Waals surface area contributed by atoms with E-state index in [0.717, 1.165) is 16.8 Å². The molecule has 3 aromatic heterocycles. The number of terminal acetylenes is 1. The molecule has 0 spiro atoms. The maximum absolute atomic E-state index is 10.1. The van der Waals surface area contributed by atoms with Crippen LogP contribution in [-0.4, -0.2) is 41.8 Å². The van der Waals surface area contributed by atoms with Gasteiger partial charge in [0, 0.05) is 24.5 Å². The highest BCUT2D eigenvalue weighted by molar-refractivity contribution is 5.84. The average molecular weight is 408 g/mol. The minimum absolute atomic E-state index is 0.187. The zero-order chi connectivity index (χ0) is 21.8. The van der Waals surface area contributed by atoms with Crippen molar-refractivity contribution in [1.82, 2.24) is 24.5 Å². The molecule has 8 heteroatoms. The third-order valence-corrected chi connectivity index (χ3v) is 5.09. The van der Waals surface area contributed by atoms with Crippen LogP contribution in [-0.2, 0) is 6.54 Å². The van der Waals surface area contributed by atoms with Crippen molar-refractivity contribution in [2.45, 2.75) is 65.8 Å². The van der Waals surface area contributed by atoms with E-state index in [1.54, 1.807) is 6.33 Å². The molecule has 3 aromatic rings. The van der Waals surface area contributed by atoms with E-state index in [1.165, 1.54) is 0 Å². The number of aromatic nitrogens is 5. The molecule has 0 aliphatic rings. The van der Waals surface area contributed by atoms with Crippen molar-refractivity contribution >= 4 is 22.9 Å². The maximum Gasteiger partial charge on any atom is 0.227 e. The van der Waals surface area contributed by atoms with Gasteiger partial charge in [-0.3, -0.25) is 4.98 Å². The van der Waals surface area contributed by atoms with Crippen molar-refractivity contribution in [2.24, 2.45) is 0 Å². The van der Waals surface area contributed by atoms with E-state index >= 15 is 0 Å². The van der Waals surface area contributed by atoms with Crippen molar-refractivity contribution in [2.75, 3.05) is 10.6 Å². The summed E-state index contributed by atoms with van der Waals surface area (Å²) in [6.45, 7) is 10.7. The Bertz CT molecular complexity index is 1070. The summed E-state index contributed by atoms with van der Waals surface area (Å²) in [5.41, 5.74) is 4.64. The molecular weight excluding hydrogens is 378 g/mol. The van der Waals surface area contributed by atoms with Gasteiger partial charge in [-0.15, -0.1) is 6.42 Å². The predicted molar refractivity (Wildman–Crippen MR) is 119 cm³/mol. The van der Waals surface area contributed by atoms with Crippen molar-refractivity contribution in [3.8, 4) is 12.3 Å². The standard InChI is InChI=1S/C22H29N7O/c1-7-17(18(30)8-2)26-22-27-20(19-21(28-22)29(12-25-19)13(3)4)24-11-16-10-23-15(6)9-14(16)5/h2,9-10,12-13,17-18,30H,7,11H2,1,3-6H3,(H2,24,26,27,28)/t17-,18+/m0/s1. The monoisotopic (exact) mass is 407 g/mol. The number of nitrogens with zero attached hydrogens (tertiary/aromatic N) is 5. The summed E-state index contributed by atoms with van der Waals surface area (Å²) in [5, 5.41) is 16.6. The first-order valence-electron chi connectivity index (χ1n) is 10.1.